The molecule has 1 fully saturated rings. The van der Waals surface area contributed by atoms with Gasteiger partial charge in [-0.1, -0.05) is 30.3 Å². The normalized spacial score (nSPS) is 15.8. The van der Waals surface area contributed by atoms with Crippen LogP contribution in [0.3, 0.4) is 0 Å². The number of carbonyl (C=O) groups is 1. The van der Waals surface area contributed by atoms with E-state index in [2.05, 4.69) is 52.1 Å². The topological polar surface area (TPSA) is 65.5 Å². The molecule has 1 atom stereocenters. The number of carbonyl (C=O) groups excluding carboxylic acids is 1. The summed E-state index contributed by atoms with van der Waals surface area (Å²) in [6.07, 6.45) is 4.24. The Labute approximate surface area is 139 Å². The van der Waals surface area contributed by atoms with Crippen molar-refractivity contribution >= 4 is 11.9 Å². The van der Waals surface area contributed by atoms with Gasteiger partial charge < -0.3 is 16.0 Å². The third-order valence-corrected chi connectivity index (χ3v) is 3.76. The second kappa shape index (κ2) is 9.18. The number of benzene rings is 1. The molecule has 5 heteroatoms. The van der Waals surface area contributed by atoms with Crippen molar-refractivity contribution < 1.29 is 4.79 Å². The Morgan fingerprint density at radius 3 is 2.70 bits per heavy atom. The Balaban J connectivity index is 1.76. The Bertz CT molecular complexity index is 511. The fourth-order valence-corrected chi connectivity index (χ4v) is 2.31. The molecular formula is C18H28N4O. The first-order valence-electron chi connectivity index (χ1n) is 8.55. The van der Waals surface area contributed by atoms with E-state index in [0.717, 1.165) is 32.2 Å². The highest BCUT2D eigenvalue weighted by atomic mass is 16.2. The summed E-state index contributed by atoms with van der Waals surface area (Å²) < 4.78 is 0. The van der Waals surface area contributed by atoms with Crippen molar-refractivity contribution in [3.63, 3.8) is 0 Å². The van der Waals surface area contributed by atoms with E-state index in [9.17, 15) is 4.79 Å². The zero-order valence-electron chi connectivity index (χ0n) is 14.1. The lowest BCUT2D eigenvalue weighted by molar-refractivity contribution is -0.119. The van der Waals surface area contributed by atoms with E-state index in [0.29, 0.717) is 18.0 Å². The summed E-state index contributed by atoms with van der Waals surface area (Å²) in [5.74, 6) is 0.709. The third-order valence-electron chi connectivity index (χ3n) is 3.76. The summed E-state index contributed by atoms with van der Waals surface area (Å²) >= 11 is 0. The van der Waals surface area contributed by atoms with Crippen LogP contribution in [0.1, 0.15) is 38.7 Å². The standard InChI is InChI=1S/C18H28N4O/c1-3-19-18(20-13-17(23)22-16-11-12-16)21-14(2)9-10-15-7-5-4-6-8-15/h4-8,14,16H,3,9-13H2,1-2H3,(H,22,23)(H2,19,20,21). The van der Waals surface area contributed by atoms with Gasteiger partial charge in [0.25, 0.3) is 0 Å². The zero-order valence-corrected chi connectivity index (χ0v) is 14.1. The van der Waals surface area contributed by atoms with Crippen molar-refractivity contribution in [2.75, 3.05) is 13.1 Å². The van der Waals surface area contributed by atoms with Gasteiger partial charge in [-0.15, -0.1) is 0 Å². The lowest BCUT2D eigenvalue weighted by Gasteiger charge is -2.17. The highest BCUT2D eigenvalue weighted by Crippen LogP contribution is 2.18. The molecule has 0 heterocycles. The van der Waals surface area contributed by atoms with E-state index in [-0.39, 0.29) is 12.5 Å². The van der Waals surface area contributed by atoms with Crippen molar-refractivity contribution in [2.45, 2.75) is 51.6 Å². The minimum Gasteiger partial charge on any atom is -0.357 e. The van der Waals surface area contributed by atoms with Gasteiger partial charge in [0, 0.05) is 18.6 Å². The van der Waals surface area contributed by atoms with Crippen LogP contribution in [0, 0.1) is 0 Å². The minimum atomic E-state index is 0.00152. The van der Waals surface area contributed by atoms with Gasteiger partial charge in [-0.3, -0.25) is 4.79 Å². The van der Waals surface area contributed by atoms with Gasteiger partial charge in [-0.05, 0) is 45.1 Å². The van der Waals surface area contributed by atoms with Gasteiger partial charge in [0.15, 0.2) is 5.96 Å². The Morgan fingerprint density at radius 1 is 1.30 bits per heavy atom. The maximum Gasteiger partial charge on any atom is 0.242 e. The molecule has 1 aliphatic carbocycles. The summed E-state index contributed by atoms with van der Waals surface area (Å²) in [6, 6.07) is 11.1. The summed E-state index contributed by atoms with van der Waals surface area (Å²) in [7, 11) is 0. The largest absolute Gasteiger partial charge is 0.357 e. The average Bonchev–Trinajstić information content (AvgIpc) is 3.36. The van der Waals surface area contributed by atoms with E-state index in [1.54, 1.807) is 0 Å². The van der Waals surface area contributed by atoms with Gasteiger partial charge >= 0.3 is 0 Å². The van der Waals surface area contributed by atoms with Crippen LogP contribution in [0.25, 0.3) is 0 Å². The minimum absolute atomic E-state index is 0.00152. The molecule has 0 spiro atoms. The highest BCUT2D eigenvalue weighted by molar-refractivity contribution is 5.85. The summed E-state index contributed by atoms with van der Waals surface area (Å²) in [5, 5.41) is 9.52. The molecule has 126 valence electrons. The van der Waals surface area contributed by atoms with E-state index >= 15 is 0 Å². The molecule has 2 rings (SSSR count). The summed E-state index contributed by atoms with van der Waals surface area (Å²) in [5.41, 5.74) is 1.34. The van der Waals surface area contributed by atoms with Crippen LogP contribution >= 0.6 is 0 Å². The second-order valence-electron chi connectivity index (χ2n) is 6.11. The van der Waals surface area contributed by atoms with Crippen molar-refractivity contribution in [3.05, 3.63) is 35.9 Å². The molecule has 3 N–H and O–H groups in total. The van der Waals surface area contributed by atoms with Gasteiger partial charge in [0.2, 0.25) is 5.91 Å². The van der Waals surface area contributed by atoms with Crippen LogP contribution in [0.15, 0.2) is 35.3 Å². The number of amides is 1. The van der Waals surface area contributed by atoms with Gasteiger partial charge in [0.05, 0.1) is 0 Å². The molecular weight excluding hydrogens is 288 g/mol. The van der Waals surface area contributed by atoms with Crippen molar-refractivity contribution in [1.82, 2.24) is 16.0 Å². The summed E-state index contributed by atoms with van der Waals surface area (Å²) in [4.78, 5) is 16.1. The van der Waals surface area contributed by atoms with Crippen molar-refractivity contribution in [3.8, 4) is 0 Å². The molecule has 5 nitrogen and oxygen atoms in total. The molecule has 1 aromatic rings. The second-order valence-corrected chi connectivity index (χ2v) is 6.11. The van der Waals surface area contributed by atoms with E-state index in [1.165, 1.54) is 5.56 Å². The van der Waals surface area contributed by atoms with Crippen LogP contribution in [0.4, 0.5) is 0 Å². The molecule has 1 saturated carbocycles. The molecule has 0 radical (unpaired) electrons. The maximum absolute atomic E-state index is 11.7. The molecule has 0 aromatic heterocycles. The van der Waals surface area contributed by atoms with Crippen LogP contribution < -0.4 is 16.0 Å². The van der Waals surface area contributed by atoms with Crippen molar-refractivity contribution in [2.24, 2.45) is 4.99 Å². The highest BCUT2D eigenvalue weighted by Gasteiger charge is 2.22. The van der Waals surface area contributed by atoms with E-state index in [4.69, 9.17) is 0 Å². The van der Waals surface area contributed by atoms with Crippen LogP contribution in [0.2, 0.25) is 0 Å². The van der Waals surface area contributed by atoms with Gasteiger partial charge in [0.1, 0.15) is 6.54 Å². The quantitative estimate of drug-likeness (QED) is 0.506. The predicted molar refractivity (Wildman–Crippen MR) is 94.5 cm³/mol. The molecule has 0 bridgehead atoms. The number of nitrogens with one attached hydrogen (secondary N) is 3. The Hall–Kier alpha value is -2.04. The number of aryl methyl sites for hydroxylation is 1. The van der Waals surface area contributed by atoms with Gasteiger partial charge in [-0.25, -0.2) is 4.99 Å². The third kappa shape index (κ3) is 7.17. The molecule has 1 aromatic carbocycles. The molecule has 1 amide bonds. The number of guanidine groups is 1. The maximum atomic E-state index is 11.7. The number of hydrogen-bond acceptors (Lipinski definition) is 2. The SMILES string of the molecule is CCNC(=NCC(=O)NC1CC1)NC(C)CCc1ccccc1. The Morgan fingerprint density at radius 2 is 2.04 bits per heavy atom. The molecule has 1 aliphatic rings. The zero-order chi connectivity index (χ0) is 16.5. The van der Waals surface area contributed by atoms with Gasteiger partial charge in [-0.2, -0.15) is 0 Å². The van der Waals surface area contributed by atoms with Crippen LogP contribution in [-0.2, 0) is 11.2 Å². The predicted octanol–water partition coefficient (Wildman–Crippen LogP) is 1.84. The summed E-state index contributed by atoms with van der Waals surface area (Å²) in [6.45, 7) is 5.12. The van der Waals surface area contributed by atoms with Crippen LogP contribution in [0.5, 0.6) is 0 Å². The molecule has 1 unspecified atom stereocenters. The lowest BCUT2D eigenvalue weighted by Crippen LogP contribution is -2.43. The smallest absolute Gasteiger partial charge is 0.242 e. The molecule has 0 saturated heterocycles. The first kappa shape index (κ1) is 17.3. The molecule has 23 heavy (non-hydrogen) atoms. The monoisotopic (exact) mass is 316 g/mol. The van der Waals surface area contributed by atoms with Crippen LogP contribution in [-0.4, -0.2) is 37.0 Å². The number of nitrogens with zero attached hydrogens (tertiary/aromatic N) is 1. The average molecular weight is 316 g/mol. The first-order chi connectivity index (χ1) is 11.2. The lowest BCUT2D eigenvalue weighted by atomic mass is 10.1. The van der Waals surface area contributed by atoms with Crippen molar-refractivity contribution in [1.29, 1.82) is 0 Å². The number of rotatable bonds is 8. The number of aliphatic imine (C=N–C) groups is 1. The fourth-order valence-electron chi connectivity index (χ4n) is 2.31. The fraction of sp³-hybridized carbons (Fsp3) is 0.556. The van der Waals surface area contributed by atoms with E-state index < -0.39 is 0 Å². The number of hydrogen-bond donors (Lipinski definition) is 3. The van der Waals surface area contributed by atoms with E-state index in [1.807, 2.05) is 13.0 Å². The Kier molecular flexibility index (Phi) is 6.91. The molecule has 0 aliphatic heterocycles. The first-order valence-corrected chi connectivity index (χ1v) is 8.55.